The molecule has 0 saturated heterocycles. The van der Waals surface area contributed by atoms with Gasteiger partial charge in [-0.05, 0) is 6.07 Å². The molecule has 110 valence electrons. The van der Waals surface area contributed by atoms with Crippen molar-refractivity contribution in [3.63, 3.8) is 0 Å². The Bertz CT molecular complexity index is 722. The van der Waals surface area contributed by atoms with Crippen LogP contribution in [0.4, 0.5) is 5.69 Å². The fourth-order valence-electron chi connectivity index (χ4n) is 1.94. The number of benzene rings is 1. The Morgan fingerprint density at radius 1 is 1.43 bits per heavy atom. The number of fused-ring (bicyclic) bond motifs is 1. The van der Waals surface area contributed by atoms with Crippen LogP contribution < -0.4 is 0 Å². The fraction of sp³-hybridized carbons (Fsp3) is 0.231. The maximum Gasteiger partial charge on any atom is 0.325 e. The summed E-state index contributed by atoms with van der Waals surface area (Å²) in [5.74, 6) is -1.00. The molecule has 0 fully saturated rings. The Kier molecular flexibility index (Phi) is 3.88. The van der Waals surface area contributed by atoms with Crippen molar-refractivity contribution in [3.8, 4) is 0 Å². The van der Waals surface area contributed by atoms with E-state index in [0.717, 1.165) is 0 Å². The molecule has 0 radical (unpaired) electrons. The Morgan fingerprint density at radius 2 is 2.14 bits per heavy atom. The zero-order valence-corrected chi connectivity index (χ0v) is 11.5. The predicted molar refractivity (Wildman–Crippen MR) is 73.9 cm³/mol. The lowest BCUT2D eigenvalue weighted by Crippen LogP contribution is -2.32. The lowest BCUT2D eigenvalue weighted by Gasteiger charge is -2.14. The number of esters is 1. The van der Waals surface area contributed by atoms with E-state index in [9.17, 15) is 19.7 Å². The second-order valence-corrected chi connectivity index (χ2v) is 4.42. The fourth-order valence-corrected chi connectivity index (χ4v) is 1.94. The third kappa shape index (κ3) is 2.83. The first kappa shape index (κ1) is 14.5. The molecule has 0 saturated carbocycles. The summed E-state index contributed by atoms with van der Waals surface area (Å²) in [6.07, 6.45) is 0. The van der Waals surface area contributed by atoms with Crippen LogP contribution in [0.5, 0.6) is 0 Å². The molecule has 21 heavy (non-hydrogen) atoms. The number of aromatic amines is 1. The number of hydrogen-bond acceptors (Lipinski definition) is 5. The third-order valence-corrected chi connectivity index (χ3v) is 3.00. The van der Waals surface area contributed by atoms with E-state index in [1.165, 1.54) is 31.2 Å². The molecule has 8 heteroatoms. The van der Waals surface area contributed by atoms with Gasteiger partial charge in [-0.3, -0.25) is 19.7 Å². The average molecular weight is 291 g/mol. The van der Waals surface area contributed by atoms with E-state index in [0.29, 0.717) is 5.39 Å². The topological polar surface area (TPSA) is 106 Å². The van der Waals surface area contributed by atoms with Crippen LogP contribution in [-0.2, 0) is 9.53 Å². The zero-order chi connectivity index (χ0) is 15.6. The molecule has 2 aromatic rings. The Labute approximate surface area is 119 Å². The number of ether oxygens (including phenoxy) is 1. The summed E-state index contributed by atoms with van der Waals surface area (Å²) in [6.45, 7) is -0.202. The monoisotopic (exact) mass is 291 g/mol. The zero-order valence-electron chi connectivity index (χ0n) is 11.5. The van der Waals surface area contributed by atoms with E-state index >= 15 is 0 Å². The summed E-state index contributed by atoms with van der Waals surface area (Å²) in [7, 11) is 2.67. The number of nitro benzene ring substituents is 1. The first-order chi connectivity index (χ1) is 9.93. The van der Waals surface area contributed by atoms with Gasteiger partial charge in [-0.1, -0.05) is 12.1 Å². The van der Waals surface area contributed by atoms with E-state index in [4.69, 9.17) is 0 Å². The molecule has 0 aliphatic heterocycles. The summed E-state index contributed by atoms with van der Waals surface area (Å²) in [4.78, 5) is 37.6. The molecule has 8 nitrogen and oxygen atoms in total. The van der Waals surface area contributed by atoms with Crippen LogP contribution in [0.3, 0.4) is 0 Å². The number of carbonyl (C=O) groups is 2. The number of aromatic nitrogens is 1. The minimum absolute atomic E-state index is 0.109. The van der Waals surface area contributed by atoms with Gasteiger partial charge in [0.25, 0.3) is 11.6 Å². The van der Waals surface area contributed by atoms with Crippen LogP contribution in [0.15, 0.2) is 24.3 Å². The molecule has 0 spiro atoms. The van der Waals surface area contributed by atoms with Gasteiger partial charge in [-0.25, -0.2) is 0 Å². The van der Waals surface area contributed by atoms with Crippen LogP contribution in [-0.4, -0.2) is 47.4 Å². The number of nitrogens with one attached hydrogen (secondary N) is 1. The minimum atomic E-state index is -0.548. The highest BCUT2D eigenvalue weighted by Crippen LogP contribution is 2.25. The Hall–Kier alpha value is -2.90. The van der Waals surface area contributed by atoms with E-state index < -0.39 is 16.8 Å². The molecule has 0 unspecified atom stereocenters. The standard InChI is InChI=1S/C13H13N3O5/c1-15(7-11(17)21-2)13(18)9-6-8-4-3-5-10(16(19)20)12(8)14-9/h3-6,14H,7H2,1-2H3. The number of H-pyrrole nitrogens is 1. The van der Waals surface area contributed by atoms with Gasteiger partial charge in [0.05, 0.1) is 12.0 Å². The molecule has 2 rings (SSSR count). The van der Waals surface area contributed by atoms with Gasteiger partial charge in [0.1, 0.15) is 17.8 Å². The van der Waals surface area contributed by atoms with E-state index in [-0.39, 0.29) is 23.4 Å². The third-order valence-electron chi connectivity index (χ3n) is 3.00. The maximum atomic E-state index is 12.2. The number of para-hydroxylation sites is 1. The summed E-state index contributed by atoms with van der Waals surface area (Å²) >= 11 is 0. The largest absolute Gasteiger partial charge is 0.468 e. The van der Waals surface area contributed by atoms with Gasteiger partial charge in [0.2, 0.25) is 0 Å². The number of nitro groups is 1. The van der Waals surface area contributed by atoms with Crippen molar-refractivity contribution in [1.82, 2.24) is 9.88 Å². The van der Waals surface area contributed by atoms with Gasteiger partial charge in [-0.15, -0.1) is 0 Å². The smallest absolute Gasteiger partial charge is 0.325 e. The van der Waals surface area contributed by atoms with Crippen molar-refractivity contribution in [3.05, 3.63) is 40.1 Å². The van der Waals surface area contributed by atoms with Crippen LogP contribution in [0.2, 0.25) is 0 Å². The number of nitrogens with zero attached hydrogens (tertiary/aromatic N) is 2. The molecule has 1 aromatic carbocycles. The van der Waals surface area contributed by atoms with Crippen LogP contribution in [0, 0.1) is 10.1 Å². The lowest BCUT2D eigenvalue weighted by molar-refractivity contribution is -0.383. The Morgan fingerprint density at radius 3 is 2.76 bits per heavy atom. The van der Waals surface area contributed by atoms with Crippen LogP contribution in [0.1, 0.15) is 10.5 Å². The molecule has 0 bridgehead atoms. The van der Waals surface area contributed by atoms with Gasteiger partial charge in [0.15, 0.2) is 0 Å². The van der Waals surface area contributed by atoms with Crippen molar-refractivity contribution < 1.29 is 19.2 Å². The van der Waals surface area contributed by atoms with Gasteiger partial charge in [0, 0.05) is 18.5 Å². The van der Waals surface area contributed by atoms with Crippen molar-refractivity contribution in [1.29, 1.82) is 0 Å². The molecule has 0 atom stereocenters. The normalized spacial score (nSPS) is 10.4. The van der Waals surface area contributed by atoms with E-state index in [2.05, 4.69) is 9.72 Å². The van der Waals surface area contributed by atoms with Crippen LogP contribution >= 0.6 is 0 Å². The number of amides is 1. The van der Waals surface area contributed by atoms with E-state index in [1.54, 1.807) is 12.1 Å². The second-order valence-electron chi connectivity index (χ2n) is 4.42. The van der Waals surface area contributed by atoms with E-state index in [1.807, 2.05) is 0 Å². The summed E-state index contributed by atoms with van der Waals surface area (Å²) in [6, 6.07) is 6.07. The molecule has 1 N–H and O–H groups in total. The van der Waals surface area contributed by atoms with Crippen molar-refractivity contribution >= 4 is 28.5 Å². The molecule has 0 aliphatic rings. The minimum Gasteiger partial charge on any atom is -0.468 e. The first-order valence-electron chi connectivity index (χ1n) is 6.02. The summed E-state index contributed by atoms with van der Waals surface area (Å²) in [5.41, 5.74) is 0.338. The quantitative estimate of drug-likeness (QED) is 0.519. The first-order valence-corrected chi connectivity index (χ1v) is 6.02. The molecule has 0 aliphatic carbocycles. The highest BCUT2D eigenvalue weighted by molar-refractivity contribution is 6.00. The number of likely N-dealkylation sites (N-methyl/N-ethyl adjacent to an activating group) is 1. The van der Waals surface area contributed by atoms with Crippen molar-refractivity contribution in [2.45, 2.75) is 0 Å². The second kappa shape index (κ2) is 5.61. The maximum absolute atomic E-state index is 12.2. The van der Waals surface area contributed by atoms with Crippen molar-refractivity contribution in [2.24, 2.45) is 0 Å². The summed E-state index contributed by atoms with van der Waals surface area (Å²) in [5, 5.41) is 11.5. The number of carbonyl (C=O) groups excluding carboxylic acids is 2. The molecule has 1 aromatic heterocycles. The van der Waals surface area contributed by atoms with Gasteiger partial charge < -0.3 is 14.6 Å². The predicted octanol–water partition coefficient (Wildman–Crippen LogP) is 1.32. The number of non-ortho nitro benzene ring substituents is 1. The average Bonchev–Trinajstić information content (AvgIpc) is 2.89. The highest BCUT2D eigenvalue weighted by atomic mass is 16.6. The molecular weight excluding hydrogens is 278 g/mol. The van der Waals surface area contributed by atoms with Crippen LogP contribution in [0.25, 0.3) is 10.9 Å². The molecule has 1 heterocycles. The van der Waals surface area contributed by atoms with Crippen molar-refractivity contribution in [2.75, 3.05) is 20.7 Å². The summed E-state index contributed by atoms with van der Waals surface area (Å²) < 4.78 is 4.48. The lowest BCUT2D eigenvalue weighted by atomic mass is 10.2. The number of hydrogen-bond donors (Lipinski definition) is 1. The highest BCUT2D eigenvalue weighted by Gasteiger charge is 2.20. The molecule has 1 amide bonds. The number of methoxy groups -OCH3 is 1. The Balaban J connectivity index is 2.35. The molecular formula is C13H13N3O5. The van der Waals surface area contributed by atoms with Gasteiger partial charge in [-0.2, -0.15) is 0 Å². The van der Waals surface area contributed by atoms with Gasteiger partial charge >= 0.3 is 5.97 Å². The number of rotatable bonds is 4. The SMILES string of the molecule is COC(=O)CN(C)C(=O)c1cc2cccc([N+](=O)[O-])c2[nH]1.